The highest BCUT2D eigenvalue weighted by molar-refractivity contribution is 5.94. The summed E-state index contributed by atoms with van der Waals surface area (Å²) in [6.07, 6.45) is 6.47. The number of hydrogen-bond acceptors (Lipinski definition) is 5. The number of carbonyl (C=O) groups excluding carboxylic acids is 1. The summed E-state index contributed by atoms with van der Waals surface area (Å²) in [5.41, 5.74) is 1.16. The number of piperidine rings is 1. The number of ether oxygens (including phenoxy) is 1. The molecule has 1 aliphatic rings. The second-order valence-corrected chi connectivity index (χ2v) is 8.67. The molecule has 3 heterocycles. The molecular formula is C27H26N2O5. The second kappa shape index (κ2) is 9.57. The highest BCUT2D eigenvalue weighted by atomic mass is 16.5. The molecule has 4 aromatic rings. The van der Waals surface area contributed by atoms with E-state index in [2.05, 4.69) is 0 Å². The Bertz CT molecular complexity index is 1320. The molecule has 7 heteroatoms. The first-order chi connectivity index (χ1) is 16.5. The Balaban J connectivity index is 1.19. The fraction of sp³-hybridized carbons (Fsp3) is 0.259. The molecule has 7 nitrogen and oxygen atoms in total. The molecule has 1 saturated heterocycles. The van der Waals surface area contributed by atoms with Crippen molar-refractivity contribution >= 4 is 16.7 Å². The molecular weight excluding hydrogens is 432 g/mol. The van der Waals surface area contributed by atoms with Crippen LogP contribution in [0.15, 0.2) is 82.5 Å². The third kappa shape index (κ3) is 4.89. The van der Waals surface area contributed by atoms with Crippen molar-refractivity contribution < 1.29 is 19.1 Å². The van der Waals surface area contributed by atoms with Crippen LogP contribution in [-0.4, -0.2) is 39.7 Å². The maximum Gasteiger partial charge on any atom is 0.253 e. The van der Waals surface area contributed by atoms with Gasteiger partial charge in [0.1, 0.15) is 18.6 Å². The number of benzene rings is 2. The number of aromatic nitrogens is 1. The van der Waals surface area contributed by atoms with E-state index in [0.717, 1.165) is 29.2 Å². The molecule has 0 bridgehead atoms. The highest BCUT2D eigenvalue weighted by Crippen LogP contribution is 2.18. The smallest absolute Gasteiger partial charge is 0.253 e. The van der Waals surface area contributed by atoms with Gasteiger partial charge in [0.25, 0.3) is 5.91 Å². The average Bonchev–Trinajstić information content (AvgIpc) is 3.26. The van der Waals surface area contributed by atoms with Crippen molar-refractivity contribution in [1.82, 2.24) is 9.47 Å². The topological polar surface area (TPSA) is 84.9 Å². The van der Waals surface area contributed by atoms with Gasteiger partial charge in [-0.05, 0) is 41.3 Å². The van der Waals surface area contributed by atoms with E-state index in [1.807, 2.05) is 41.2 Å². The Hall–Kier alpha value is -3.84. The third-order valence-electron chi connectivity index (χ3n) is 6.08. The summed E-state index contributed by atoms with van der Waals surface area (Å²) in [7, 11) is 0. The lowest BCUT2D eigenvalue weighted by molar-refractivity contribution is 0.0473. The molecule has 0 spiro atoms. The van der Waals surface area contributed by atoms with Gasteiger partial charge in [-0.3, -0.25) is 9.59 Å². The molecule has 2 aromatic carbocycles. The maximum atomic E-state index is 12.6. The number of nitrogens with zero attached hydrogens (tertiary/aromatic N) is 2. The van der Waals surface area contributed by atoms with E-state index in [-0.39, 0.29) is 23.7 Å². The number of carbonyl (C=O) groups is 1. The SMILES string of the molecule is O=C(c1ccc(COc2coc(Cn3cc4ccccc4c3)cc2=O)cc1)N1CCCC(O)C1. The zero-order valence-electron chi connectivity index (χ0n) is 18.7. The summed E-state index contributed by atoms with van der Waals surface area (Å²) >= 11 is 0. The van der Waals surface area contributed by atoms with E-state index in [4.69, 9.17) is 9.15 Å². The molecule has 34 heavy (non-hydrogen) atoms. The number of aliphatic hydroxyl groups excluding tert-OH is 1. The maximum absolute atomic E-state index is 12.6. The second-order valence-electron chi connectivity index (χ2n) is 8.67. The summed E-state index contributed by atoms with van der Waals surface area (Å²) in [6.45, 7) is 1.67. The van der Waals surface area contributed by atoms with Gasteiger partial charge in [-0.25, -0.2) is 0 Å². The zero-order chi connectivity index (χ0) is 23.5. The number of fused-ring (bicyclic) bond motifs is 1. The van der Waals surface area contributed by atoms with Crippen molar-refractivity contribution in [2.45, 2.75) is 32.1 Å². The fourth-order valence-electron chi connectivity index (χ4n) is 4.26. The summed E-state index contributed by atoms with van der Waals surface area (Å²) in [5, 5.41) is 12.1. The summed E-state index contributed by atoms with van der Waals surface area (Å²) in [6, 6.07) is 16.6. The van der Waals surface area contributed by atoms with E-state index in [1.165, 1.54) is 12.3 Å². The lowest BCUT2D eigenvalue weighted by Crippen LogP contribution is -2.42. The Labute approximate surface area is 196 Å². The highest BCUT2D eigenvalue weighted by Gasteiger charge is 2.22. The normalized spacial score (nSPS) is 16.0. The minimum Gasteiger partial charge on any atom is -0.482 e. The Kier molecular flexibility index (Phi) is 6.18. The molecule has 1 N–H and O–H groups in total. The molecule has 1 aliphatic heterocycles. The van der Waals surface area contributed by atoms with Gasteiger partial charge < -0.3 is 23.7 Å². The number of aliphatic hydroxyl groups is 1. The molecule has 1 atom stereocenters. The number of amides is 1. The van der Waals surface area contributed by atoms with E-state index >= 15 is 0 Å². The third-order valence-corrected chi connectivity index (χ3v) is 6.08. The van der Waals surface area contributed by atoms with Gasteiger partial charge in [-0.2, -0.15) is 0 Å². The van der Waals surface area contributed by atoms with Crippen LogP contribution in [0.4, 0.5) is 0 Å². The van der Waals surface area contributed by atoms with Crippen LogP contribution in [0.1, 0.15) is 34.5 Å². The average molecular weight is 459 g/mol. The minimum absolute atomic E-state index is 0.0851. The number of rotatable bonds is 6. The van der Waals surface area contributed by atoms with Crippen LogP contribution in [-0.2, 0) is 13.2 Å². The van der Waals surface area contributed by atoms with E-state index < -0.39 is 6.10 Å². The van der Waals surface area contributed by atoms with Crippen molar-refractivity contribution in [3.05, 3.63) is 100 Å². The first-order valence-electron chi connectivity index (χ1n) is 11.4. The van der Waals surface area contributed by atoms with E-state index in [1.54, 1.807) is 29.2 Å². The number of likely N-dealkylation sites (tertiary alicyclic amines) is 1. The van der Waals surface area contributed by atoms with Crippen molar-refractivity contribution in [3.8, 4) is 5.75 Å². The van der Waals surface area contributed by atoms with Gasteiger partial charge in [0, 0.05) is 37.1 Å². The lowest BCUT2D eigenvalue weighted by atomic mass is 10.1. The van der Waals surface area contributed by atoms with Crippen LogP contribution in [0.2, 0.25) is 0 Å². The van der Waals surface area contributed by atoms with E-state index in [0.29, 0.717) is 31.0 Å². The Morgan fingerprint density at radius 3 is 2.50 bits per heavy atom. The standard InChI is InChI=1S/C27H26N2O5/c30-23-6-3-11-29(15-23)27(32)20-9-7-19(8-10-20)17-34-26-18-33-24(12-25(26)31)16-28-13-21-4-1-2-5-22(21)14-28/h1-2,4-5,7-10,12-14,18,23,30H,3,6,11,15-17H2. The zero-order valence-corrected chi connectivity index (χ0v) is 18.7. The van der Waals surface area contributed by atoms with Gasteiger partial charge >= 0.3 is 0 Å². The van der Waals surface area contributed by atoms with Crippen LogP contribution in [0, 0.1) is 0 Å². The Morgan fingerprint density at radius 2 is 1.82 bits per heavy atom. The van der Waals surface area contributed by atoms with Crippen LogP contribution >= 0.6 is 0 Å². The summed E-state index contributed by atoms with van der Waals surface area (Å²) < 4.78 is 13.3. The predicted octanol–water partition coefficient (Wildman–Crippen LogP) is 3.82. The van der Waals surface area contributed by atoms with Crippen molar-refractivity contribution in [2.24, 2.45) is 0 Å². The van der Waals surface area contributed by atoms with Crippen LogP contribution in [0.3, 0.4) is 0 Å². The molecule has 0 saturated carbocycles. The molecule has 5 rings (SSSR count). The Morgan fingerprint density at radius 1 is 1.09 bits per heavy atom. The first-order valence-corrected chi connectivity index (χ1v) is 11.4. The molecule has 0 radical (unpaired) electrons. The molecule has 174 valence electrons. The van der Waals surface area contributed by atoms with Gasteiger partial charge in [0.05, 0.1) is 12.6 Å². The fourth-order valence-corrected chi connectivity index (χ4v) is 4.26. The predicted molar refractivity (Wildman–Crippen MR) is 128 cm³/mol. The lowest BCUT2D eigenvalue weighted by Gasteiger charge is -2.30. The molecule has 1 unspecified atom stereocenters. The van der Waals surface area contributed by atoms with Crippen molar-refractivity contribution in [2.75, 3.05) is 13.1 Å². The van der Waals surface area contributed by atoms with Crippen LogP contribution < -0.4 is 10.2 Å². The van der Waals surface area contributed by atoms with Crippen LogP contribution in [0.25, 0.3) is 10.8 Å². The molecule has 1 amide bonds. The van der Waals surface area contributed by atoms with E-state index in [9.17, 15) is 14.7 Å². The molecule has 2 aromatic heterocycles. The van der Waals surface area contributed by atoms with Crippen LogP contribution in [0.5, 0.6) is 5.75 Å². The number of β-amino-alcohol motifs (C(OH)–C–C–N with tert-alkyl or cyclic N) is 1. The first kappa shape index (κ1) is 22.0. The van der Waals surface area contributed by atoms with Gasteiger partial charge in [0.2, 0.25) is 11.2 Å². The quantitative estimate of drug-likeness (QED) is 0.475. The van der Waals surface area contributed by atoms with Gasteiger partial charge in [0.15, 0.2) is 0 Å². The summed E-state index contributed by atoms with van der Waals surface area (Å²) in [5.74, 6) is 0.602. The summed E-state index contributed by atoms with van der Waals surface area (Å²) in [4.78, 5) is 26.8. The monoisotopic (exact) mass is 458 g/mol. The number of hydrogen-bond donors (Lipinski definition) is 1. The molecule has 1 fully saturated rings. The van der Waals surface area contributed by atoms with Gasteiger partial charge in [-0.1, -0.05) is 36.4 Å². The van der Waals surface area contributed by atoms with Crippen molar-refractivity contribution in [3.63, 3.8) is 0 Å². The molecule has 0 aliphatic carbocycles. The largest absolute Gasteiger partial charge is 0.482 e. The van der Waals surface area contributed by atoms with Gasteiger partial charge in [-0.15, -0.1) is 0 Å². The van der Waals surface area contributed by atoms with Crippen molar-refractivity contribution in [1.29, 1.82) is 0 Å². The minimum atomic E-state index is -0.452.